The van der Waals surface area contributed by atoms with Crippen LogP contribution in [-0.4, -0.2) is 53.6 Å². The van der Waals surface area contributed by atoms with E-state index < -0.39 is 4.92 Å². The van der Waals surface area contributed by atoms with Crippen LogP contribution >= 0.6 is 11.3 Å². The van der Waals surface area contributed by atoms with Crippen molar-refractivity contribution >= 4 is 28.1 Å². The first-order valence-electron chi connectivity index (χ1n) is 10.1. The highest BCUT2D eigenvalue weighted by molar-refractivity contribution is 7.16. The maximum Gasteiger partial charge on any atom is 0.269 e. The first kappa shape index (κ1) is 21.9. The largest absolute Gasteiger partial charge is 0.484 e. The number of hydrogen-bond donors (Lipinski definition) is 1. The smallest absolute Gasteiger partial charge is 0.269 e. The van der Waals surface area contributed by atoms with Crippen LogP contribution in [0.15, 0.2) is 54.6 Å². The topological polar surface area (TPSA) is 107 Å². The van der Waals surface area contributed by atoms with Crippen molar-refractivity contribution in [3.63, 3.8) is 0 Å². The van der Waals surface area contributed by atoms with Gasteiger partial charge in [0.05, 0.1) is 23.8 Å². The molecule has 1 amide bonds. The van der Waals surface area contributed by atoms with E-state index in [4.69, 9.17) is 9.47 Å². The van der Waals surface area contributed by atoms with E-state index in [0.717, 1.165) is 35.8 Å². The molecule has 0 bridgehead atoms. The van der Waals surface area contributed by atoms with Crippen LogP contribution in [0.5, 0.6) is 5.75 Å². The number of carbonyl (C=O) groups is 1. The molecule has 9 nitrogen and oxygen atoms in total. The van der Waals surface area contributed by atoms with Gasteiger partial charge in [-0.25, -0.2) is 4.98 Å². The van der Waals surface area contributed by atoms with Gasteiger partial charge in [-0.1, -0.05) is 41.7 Å². The second-order valence-electron chi connectivity index (χ2n) is 7.13. The van der Waals surface area contributed by atoms with Gasteiger partial charge in [-0.3, -0.25) is 25.1 Å². The molecule has 166 valence electrons. The van der Waals surface area contributed by atoms with E-state index in [1.54, 1.807) is 0 Å². The molecule has 0 spiro atoms. The quantitative estimate of drug-likeness (QED) is 0.410. The predicted octanol–water partition coefficient (Wildman–Crippen LogP) is 3.57. The highest BCUT2D eigenvalue weighted by atomic mass is 32.1. The second-order valence-corrected chi connectivity index (χ2v) is 8.22. The molecule has 0 aliphatic carbocycles. The summed E-state index contributed by atoms with van der Waals surface area (Å²) in [6.45, 7) is 3.65. The lowest BCUT2D eigenvalue weighted by atomic mass is 10.1. The minimum Gasteiger partial charge on any atom is -0.484 e. The fraction of sp³-hybridized carbons (Fsp3) is 0.273. The Labute approximate surface area is 188 Å². The average Bonchev–Trinajstić information content (AvgIpc) is 3.21. The molecule has 0 unspecified atom stereocenters. The summed E-state index contributed by atoms with van der Waals surface area (Å²) >= 11 is 1.45. The lowest BCUT2D eigenvalue weighted by molar-refractivity contribution is -0.384. The molecule has 1 N–H and O–H groups in total. The van der Waals surface area contributed by atoms with Crippen molar-refractivity contribution in [2.75, 3.05) is 38.2 Å². The number of amides is 1. The number of nitrogens with zero attached hydrogens (tertiary/aromatic N) is 3. The number of anilines is 1. The maximum absolute atomic E-state index is 12.4. The molecule has 1 aliphatic rings. The number of non-ortho nitro benzene ring substituents is 1. The van der Waals surface area contributed by atoms with Gasteiger partial charge in [0.25, 0.3) is 11.6 Å². The Morgan fingerprint density at radius 2 is 1.88 bits per heavy atom. The first-order chi connectivity index (χ1) is 15.6. The lowest BCUT2D eigenvalue weighted by Gasteiger charge is -2.26. The Balaban J connectivity index is 1.43. The normalized spacial score (nSPS) is 14.1. The number of thiazole rings is 1. The highest BCUT2D eigenvalue weighted by Crippen LogP contribution is 2.32. The van der Waals surface area contributed by atoms with Crippen molar-refractivity contribution in [2.24, 2.45) is 0 Å². The van der Waals surface area contributed by atoms with Crippen LogP contribution in [0.1, 0.15) is 4.88 Å². The van der Waals surface area contributed by atoms with Crippen molar-refractivity contribution in [1.29, 1.82) is 0 Å². The SMILES string of the molecule is O=C(COc1ccc([N+](=O)[O-])cc1)Nc1nc(-c2ccccc2)c(CN2CCOCC2)s1. The van der Waals surface area contributed by atoms with Crippen molar-refractivity contribution in [3.8, 4) is 17.0 Å². The number of nitro groups is 1. The van der Waals surface area contributed by atoms with E-state index in [1.807, 2.05) is 30.3 Å². The number of nitro benzene ring substituents is 1. The van der Waals surface area contributed by atoms with Crippen LogP contribution < -0.4 is 10.1 Å². The van der Waals surface area contributed by atoms with Crippen LogP contribution in [-0.2, 0) is 16.1 Å². The molecule has 0 radical (unpaired) electrons. The minimum absolute atomic E-state index is 0.0363. The first-order valence-corrected chi connectivity index (χ1v) is 10.9. The zero-order valence-electron chi connectivity index (χ0n) is 17.2. The van der Waals surface area contributed by atoms with Gasteiger partial charge in [-0.2, -0.15) is 0 Å². The van der Waals surface area contributed by atoms with E-state index in [1.165, 1.54) is 35.6 Å². The Morgan fingerprint density at radius 3 is 2.56 bits per heavy atom. The second kappa shape index (κ2) is 10.3. The fourth-order valence-electron chi connectivity index (χ4n) is 3.26. The molecule has 1 aliphatic heterocycles. The number of nitrogens with one attached hydrogen (secondary N) is 1. The monoisotopic (exact) mass is 454 g/mol. The summed E-state index contributed by atoms with van der Waals surface area (Å²) in [6.07, 6.45) is 0. The highest BCUT2D eigenvalue weighted by Gasteiger charge is 2.19. The number of hydrogen-bond acceptors (Lipinski definition) is 8. The van der Waals surface area contributed by atoms with Crippen LogP contribution in [0, 0.1) is 10.1 Å². The van der Waals surface area contributed by atoms with Crippen molar-refractivity contribution in [3.05, 3.63) is 69.6 Å². The molecule has 4 rings (SSSR count). The standard InChI is InChI=1S/C22H22N4O5S/c27-20(15-31-18-8-6-17(7-9-18)26(28)29)23-22-24-21(16-4-2-1-3-5-16)19(32-22)14-25-10-12-30-13-11-25/h1-9H,10-15H2,(H,23,24,27). The Kier molecular flexibility index (Phi) is 7.05. The molecule has 1 fully saturated rings. The molecule has 10 heteroatoms. The summed E-state index contributed by atoms with van der Waals surface area (Å²) in [5.41, 5.74) is 1.81. The number of carbonyl (C=O) groups excluding carboxylic acids is 1. The zero-order valence-corrected chi connectivity index (χ0v) is 18.0. The van der Waals surface area contributed by atoms with Crippen LogP contribution in [0.4, 0.5) is 10.8 Å². The Morgan fingerprint density at radius 1 is 1.16 bits per heavy atom. The molecular formula is C22H22N4O5S. The van der Waals surface area contributed by atoms with Crippen molar-refractivity contribution in [2.45, 2.75) is 6.54 Å². The summed E-state index contributed by atoms with van der Waals surface area (Å²) in [4.78, 5) is 30.7. The zero-order chi connectivity index (χ0) is 22.3. The van der Waals surface area contributed by atoms with Gasteiger partial charge >= 0.3 is 0 Å². The lowest BCUT2D eigenvalue weighted by Crippen LogP contribution is -2.35. The predicted molar refractivity (Wildman–Crippen MR) is 121 cm³/mol. The molecule has 0 atom stereocenters. The van der Waals surface area contributed by atoms with Crippen LogP contribution in [0.2, 0.25) is 0 Å². The molecule has 2 heterocycles. The third kappa shape index (κ3) is 5.67. The maximum atomic E-state index is 12.4. The molecule has 1 saturated heterocycles. The van der Waals surface area contributed by atoms with E-state index in [0.29, 0.717) is 24.1 Å². The summed E-state index contributed by atoms with van der Waals surface area (Å²) in [7, 11) is 0. The van der Waals surface area contributed by atoms with E-state index in [2.05, 4.69) is 15.2 Å². The summed E-state index contributed by atoms with van der Waals surface area (Å²) < 4.78 is 10.9. The Bertz CT molecular complexity index is 1070. The number of aromatic nitrogens is 1. The van der Waals surface area contributed by atoms with E-state index >= 15 is 0 Å². The summed E-state index contributed by atoms with van der Waals surface area (Å²) in [5, 5.41) is 14.0. The van der Waals surface area contributed by atoms with Gasteiger partial charge in [0.1, 0.15) is 5.75 Å². The van der Waals surface area contributed by atoms with E-state index in [9.17, 15) is 14.9 Å². The minimum atomic E-state index is -0.488. The third-order valence-electron chi connectivity index (χ3n) is 4.88. The summed E-state index contributed by atoms with van der Waals surface area (Å²) in [6, 6.07) is 15.5. The number of rotatable bonds is 8. The van der Waals surface area contributed by atoms with Crippen LogP contribution in [0.25, 0.3) is 11.3 Å². The average molecular weight is 455 g/mol. The van der Waals surface area contributed by atoms with Gasteiger partial charge in [0, 0.05) is 42.2 Å². The van der Waals surface area contributed by atoms with Crippen molar-refractivity contribution < 1.29 is 19.2 Å². The molecule has 2 aromatic carbocycles. The molecule has 32 heavy (non-hydrogen) atoms. The molecule has 0 saturated carbocycles. The number of benzene rings is 2. The van der Waals surface area contributed by atoms with E-state index in [-0.39, 0.29) is 18.2 Å². The van der Waals surface area contributed by atoms with Gasteiger partial charge in [-0.05, 0) is 12.1 Å². The van der Waals surface area contributed by atoms with Gasteiger partial charge in [0.15, 0.2) is 11.7 Å². The van der Waals surface area contributed by atoms with Gasteiger partial charge in [-0.15, -0.1) is 0 Å². The van der Waals surface area contributed by atoms with Crippen LogP contribution in [0.3, 0.4) is 0 Å². The summed E-state index contributed by atoms with van der Waals surface area (Å²) in [5.74, 6) is 0.0255. The van der Waals surface area contributed by atoms with Gasteiger partial charge < -0.3 is 9.47 Å². The third-order valence-corrected chi connectivity index (χ3v) is 5.83. The Hall–Kier alpha value is -3.34. The number of ether oxygens (including phenoxy) is 2. The van der Waals surface area contributed by atoms with Crippen molar-refractivity contribution in [1.82, 2.24) is 9.88 Å². The molecule has 1 aromatic heterocycles. The molecular weight excluding hydrogens is 432 g/mol. The fourth-order valence-corrected chi connectivity index (χ4v) is 4.31. The number of morpholine rings is 1. The van der Waals surface area contributed by atoms with Gasteiger partial charge in [0.2, 0.25) is 0 Å². The molecule has 3 aromatic rings.